The van der Waals surface area contributed by atoms with Crippen LogP contribution in [-0.4, -0.2) is 42.7 Å². The van der Waals surface area contributed by atoms with Gasteiger partial charge in [-0.15, -0.1) is 0 Å². The molecule has 1 aliphatic rings. The predicted octanol–water partition coefficient (Wildman–Crippen LogP) is 3.17. The number of amides is 1. The number of rotatable bonds is 5. The zero-order valence-corrected chi connectivity index (χ0v) is 16.7. The number of methoxy groups -OCH3 is 1. The number of para-hydroxylation sites is 1. The van der Waals surface area contributed by atoms with Gasteiger partial charge in [0.25, 0.3) is 5.91 Å². The zero-order valence-electron chi connectivity index (χ0n) is 15.9. The third-order valence-corrected chi connectivity index (χ3v) is 6.69. The Bertz CT molecular complexity index is 1120. The standard InChI is InChI=1S/C21H21N3O4S/c1-28-18-9-7-15(8-10-18)20-13-19(21(25)22-16-5-3-2-4-6-16)23-24(20)17-11-12-29(26,27)14-17/h2-10,13,17H,11-12,14H2,1H3,(H,22,25)/t17-/m0/s1. The lowest BCUT2D eigenvalue weighted by molar-refractivity contribution is 0.102. The fraction of sp³-hybridized carbons (Fsp3) is 0.238. The van der Waals surface area contributed by atoms with Gasteiger partial charge in [0.1, 0.15) is 5.75 Å². The van der Waals surface area contributed by atoms with E-state index in [1.807, 2.05) is 42.5 Å². The van der Waals surface area contributed by atoms with Gasteiger partial charge in [0.05, 0.1) is 30.4 Å². The van der Waals surface area contributed by atoms with Crippen LogP contribution < -0.4 is 10.1 Å². The van der Waals surface area contributed by atoms with E-state index in [9.17, 15) is 13.2 Å². The van der Waals surface area contributed by atoms with Gasteiger partial charge in [-0.2, -0.15) is 5.10 Å². The minimum atomic E-state index is -3.09. The molecular weight excluding hydrogens is 390 g/mol. The number of benzene rings is 2. The van der Waals surface area contributed by atoms with E-state index in [2.05, 4.69) is 10.4 Å². The number of sulfone groups is 1. The zero-order chi connectivity index (χ0) is 20.4. The second kappa shape index (κ2) is 7.71. The smallest absolute Gasteiger partial charge is 0.276 e. The first-order chi connectivity index (χ1) is 13.9. The van der Waals surface area contributed by atoms with Crippen LogP contribution >= 0.6 is 0 Å². The first-order valence-corrected chi connectivity index (χ1v) is 11.1. The molecule has 1 aromatic heterocycles. The Morgan fingerprint density at radius 1 is 1.14 bits per heavy atom. The molecule has 2 aromatic carbocycles. The van der Waals surface area contributed by atoms with Crippen molar-refractivity contribution < 1.29 is 17.9 Å². The first-order valence-electron chi connectivity index (χ1n) is 9.26. The Morgan fingerprint density at radius 2 is 1.86 bits per heavy atom. The van der Waals surface area contributed by atoms with Crippen LogP contribution in [0.25, 0.3) is 11.3 Å². The average Bonchev–Trinajstić information content (AvgIpc) is 3.32. The van der Waals surface area contributed by atoms with Crippen LogP contribution in [0.15, 0.2) is 60.7 Å². The summed E-state index contributed by atoms with van der Waals surface area (Å²) in [5.74, 6) is 0.527. The third-order valence-electron chi connectivity index (χ3n) is 4.94. The van der Waals surface area contributed by atoms with E-state index in [0.29, 0.717) is 23.6 Å². The fourth-order valence-electron chi connectivity index (χ4n) is 3.45. The van der Waals surface area contributed by atoms with Gasteiger partial charge >= 0.3 is 0 Å². The van der Waals surface area contributed by atoms with E-state index < -0.39 is 9.84 Å². The molecule has 0 spiro atoms. The highest BCUT2D eigenvalue weighted by molar-refractivity contribution is 7.91. The molecule has 1 saturated heterocycles. The van der Waals surface area contributed by atoms with Gasteiger partial charge in [-0.05, 0) is 48.9 Å². The van der Waals surface area contributed by atoms with Crippen LogP contribution in [-0.2, 0) is 9.84 Å². The molecular formula is C21H21N3O4S. The molecule has 0 unspecified atom stereocenters. The number of carbonyl (C=O) groups is 1. The molecule has 0 aliphatic carbocycles. The highest BCUT2D eigenvalue weighted by Gasteiger charge is 2.32. The summed E-state index contributed by atoms with van der Waals surface area (Å²) in [5, 5.41) is 7.30. The molecule has 1 aliphatic heterocycles. The molecule has 1 atom stereocenters. The van der Waals surface area contributed by atoms with E-state index >= 15 is 0 Å². The molecule has 4 rings (SSSR count). The molecule has 2 heterocycles. The number of hydrogen-bond donors (Lipinski definition) is 1. The van der Waals surface area contributed by atoms with Gasteiger partial charge in [0, 0.05) is 11.3 Å². The van der Waals surface area contributed by atoms with Crippen molar-refractivity contribution in [2.45, 2.75) is 12.5 Å². The third kappa shape index (κ3) is 4.17. The molecule has 3 aromatic rings. The van der Waals surface area contributed by atoms with E-state index in [1.165, 1.54) is 0 Å². The van der Waals surface area contributed by atoms with E-state index in [-0.39, 0.29) is 29.1 Å². The second-order valence-corrected chi connectivity index (χ2v) is 9.19. The fourth-order valence-corrected chi connectivity index (χ4v) is 5.14. The molecule has 0 bridgehead atoms. The first kappa shape index (κ1) is 19.2. The number of nitrogens with one attached hydrogen (secondary N) is 1. The van der Waals surface area contributed by atoms with Crippen molar-refractivity contribution in [2.75, 3.05) is 23.9 Å². The quantitative estimate of drug-likeness (QED) is 0.696. The van der Waals surface area contributed by atoms with Gasteiger partial charge in [0.15, 0.2) is 15.5 Å². The van der Waals surface area contributed by atoms with Crippen LogP contribution in [0.5, 0.6) is 5.75 Å². The van der Waals surface area contributed by atoms with E-state index in [1.54, 1.807) is 30.0 Å². The van der Waals surface area contributed by atoms with Crippen molar-refractivity contribution in [1.82, 2.24) is 9.78 Å². The lowest BCUT2D eigenvalue weighted by Crippen LogP contribution is -2.16. The maximum absolute atomic E-state index is 12.7. The number of hydrogen-bond acceptors (Lipinski definition) is 5. The maximum Gasteiger partial charge on any atom is 0.276 e. The van der Waals surface area contributed by atoms with Crippen molar-refractivity contribution in [2.24, 2.45) is 0 Å². The summed E-state index contributed by atoms with van der Waals surface area (Å²) in [4.78, 5) is 12.7. The van der Waals surface area contributed by atoms with Crippen molar-refractivity contribution in [3.63, 3.8) is 0 Å². The second-order valence-electron chi connectivity index (χ2n) is 6.96. The highest BCUT2D eigenvalue weighted by Crippen LogP contribution is 2.31. The number of aromatic nitrogens is 2. The maximum atomic E-state index is 12.7. The summed E-state index contributed by atoms with van der Waals surface area (Å²) >= 11 is 0. The normalized spacial score (nSPS) is 17.8. The summed E-state index contributed by atoms with van der Waals surface area (Å²) in [7, 11) is -1.50. The number of carbonyl (C=O) groups excluding carboxylic acids is 1. The highest BCUT2D eigenvalue weighted by atomic mass is 32.2. The average molecular weight is 411 g/mol. The lowest BCUT2D eigenvalue weighted by atomic mass is 10.1. The Kier molecular flexibility index (Phi) is 5.10. The molecule has 1 amide bonds. The largest absolute Gasteiger partial charge is 0.497 e. The summed E-state index contributed by atoms with van der Waals surface area (Å²) in [6, 6.07) is 17.9. The molecule has 8 heteroatoms. The molecule has 1 N–H and O–H groups in total. The van der Waals surface area contributed by atoms with Gasteiger partial charge in [0.2, 0.25) is 0 Å². The van der Waals surface area contributed by atoms with Crippen LogP contribution in [0.2, 0.25) is 0 Å². The molecule has 0 radical (unpaired) electrons. The van der Waals surface area contributed by atoms with Crippen LogP contribution in [0.3, 0.4) is 0 Å². The van der Waals surface area contributed by atoms with Crippen molar-refractivity contribution in [3.05, 3.63) is 66.4 Å². The van der Waals surface area contributed by atoms with Crippen molar-refractivity contribution >= 4 is 21.4 Å². The molecule has 7 nitrogen and oxygen atoms in total. The lowest BCUT2D eigenvalue weighted by Gasteiger charge is -2.13. The van der Waals surface area contributed by atoms with Crippen LogP contribution in [0, 0.1) is 0 Å². The van der Waals surface area contributed by atoms with Gasteiger partial charge in [-0.1, -0.05) is 18.2 Å². The number of nitrogens with zero attached hydrogens (tertiary/aromatic N) is 2. The van der Waals surface area contributed by atoms with Crippen LogP contribution in [0.1, 0.15) is 23.0 Å². The minimum Gasteiger partial charge on any atom is -0.497 e. The van der Waals surface area contributed by atoms with Gasteiger partial charge < -0.3 is 10.1 Å². The summed E-state index contributed by atoms with van der Waals surface area (Å²) < 4.78 is 30.9. The SMILES string of the molecule is COc1ccc(-c2cc(C(=O)Nc3ccccc3)nn2[C@H]2CCS(=O)(=O)C2)cc1. The Balaban J connectivity index is 1.70. The van der Waals surface area contributed by atoms with Gasteiger partial charge in [-0.3, -0.25) is 9.48 Å². The topological polar surface area (TPSA) is 90.3 Å². The molecule has 29 heavy (non-hydrogen) atoms. The summed E-state index contributed by atoms with van der Waals surface area (Å²) in [5.41, 5.74) is 2.44. The van der Waals surface area contributed by atoms with E-state index in [0.717, 1.165) is 5.56 Å². The van der Waals surface area contributed by atoms with Gasteiger partial charge in [-0.25, -0.2) is 8.42 Å². The molecule has 1 fully saturated rings. The summed E-state index contributed by atoms with van der Waals surface area (Å²) in [6.45, 7) is 0. The monoisotopic (exact) mass is 411 g/mol. The molecule has 150 valence electrons. The summed E-state index contributed by atoms with van der Waals surface area (Å²) in [6.07, 6.45) is 0.479. The van der Waals surface area contributed by atoms with E-state index in [4.69, 9.17) is 4.74 Å². The number of anilines is 1. The molecule has 0 saturated carbocycles. The Labute approximate surface area is 169 Å². The number of ether oxygens (including phenoxy) is 1. The predicted molar refractivity (Wildman–Crippen MR) is 111 cm³/mol. The Hall–Kier alpha value is -3.13. The van der Waals surface area contributed by atoms with Crippen molar-refractivity contribution in [1.29, 1.82) is 0 Å². The van der Waals surface area contributed by atoms with Crippen LogP contribution in [0.4, 0.5) is 5.69 Å². The minimum absolute atomic E-state index is 0.0254. The van der Waals surface area contributed by atoms with Crippen molar-refractivity contribution in [3.8, 4) is 17.0 Å². The Morgan fingerprint density at radius 3 is 2.48 bits per heavy atom.